The number of pyridine rings is 2. The summed E-state index contributed by atoms with van der Waals surface area (Å²) >= 11 is 0. The number of hydrogen-bond acceptors (Lipinski definition) is 5. The van der Waals surface area contributed by atoms with Gasteiger partial charge < -0.3 is 5.11 Å². The number of aromatic nitrogens is 4. The molecule has 0 spiro atoms. The van der Waals surface area contributed by atoms with Crippen molar-refractivity contribution in [2.24, 2.45) is 0 Å². The van der Waals surface area contributed by atoms with Crippen molar-refractivity contribution in [3.63, 3.8) is 0 Å². The van der Waals surface area contributed by atoms with Gasteiger partial charge in [0.2, 0.25) is 11.9 Å². The van der Waals surface area contributed by atoms with Crippen LogP contribution in [0, 0.1) is 5.82 Å². The van der Waals surface area contributed by atoms with Crippen molar-refractivity contribution in [1.82, 2.24) is 19.5 Å². The number of carbonyl (C=O) groups is 1. The summed E-state index contributed by atoms with van der Waals surface area (Å²) in [7, 11) is 0. The average Bonchev–Trinajstić information content (AvgIpc) is 2.89. The normalized spacial score (nSPS) is 12.4. The maximum Gasteiger partial charge on any atom is 0.433 e. The number of hydrogen-bond donors (Lipinski definition) is 2. The molecule has 0 bridgehead atoms. The van der Waals surface area contributed by atoms with E-state index in [2.05, 4.69) is 20.3 Å². The Balaban J connectivity index is 2.15. The van der Waals surface area contributed by atoms with Crippen molar-refractivity contribution in [3.05, 3.63) is 42.0 Å². The van der Waals surface area contributed by atoms with E-state index in [0.29, 0.717) is 0 Å². The molecular formula is C17H15F4N5O2. The Morgan fingerprint density at radius 1 is 1.18 bits per heavy atom. The highest BCUT2D eigenvalue weighted by molar-refractivity contribution is 5.92. The molecule has 0 radical (unpaired) electrons. The number of rotatable bonds is 4. The van der Waals surface area contributed by atoms with Gasteiger partial charge >= 0.3 is 6.18 Å². The van der Waals surface area contributed by atoms with Gasteiger partial charge in [0.25, 0.3) is 0 Å². The number of anilines is 1. The Kier molecular flexibility index (Phi) is 4.79. The first-order valence-electron chi connectivity index (χ1n) is 8.05. The lowest BCUT2D eigenvalue weighted by molar-refractivity contribution is -0.141. The maximum atomic E-state index is 13.2. The minimum absolute atomic E-state index is 0.00860. The van der Waals surface area contributed by atoms with Crippen LogP contribution in [0.25, 0.3) is 17.0 Å². The number of fused-ring (bicyclic) bond motifs is 1. The van der Waals surface area contributed by atoms with E-state index < -0.39 is 29.2 Å². The maximum absolute atomic E-state index is 13.2. The minimum Gasteiger partial charge on any atom is -0.390 e. The monoisotopic (exact) mass is 397 g/mol. The second-order valence-corrected chi connectivity index (χ2v) is 6.68. The molecule has 0 aromatic carbocycles. The van der Waals surface area contributed by atoms with Crippen LogP contribution in [0.15, 0.2) is 30.5 Å². The first-order chi connectivity index (χ1) is 12.9. The van der Waals surface area contributed by atoms with Crippen LogP contribution in [0.3, 0.4) is 0 Å². The number of nitrogens with one attached hydrogen (secondary N) is 1. The average molecular weight is 397 g/mol. The Morgan fingerprint density at radius 2 is 1.89 bits per heavy atom. The van der Waals surface area contributed by atoms with E-state index in [1.165, 1.54) is 19.9 Å². The molecule has 0 fully saturated rings. The molecule has 0 unspecified atom stereocenters. The molecule has 0 saturated carbocycles. The molecule has 3 rings (SSSR count). The number of halogens is 4. The summed E-state index contributed by atoms with van der Waals surface area (Å²) in [5, 5.41) is 12.2. The van der Waals surface area contributed by atoms with E-state index >= 15 is 0 Å². The van der Waals surface area contributed by atoms with Crippen molar-refractivity contribution in [1.29, 1.82) is 0 Å². The van der Waals surface area contributed by atoms with E-state index in [1.807, 2.05) is 0 Å². The fraction of sp³-hybridized carbons (Fsp3) is 0.294. The molecular weight excluding hydrogens is 382 g/mol. The molecule has 148 valence electrons. The molecule has 11 heteroatoms. The van der Waals surface area contributed by atoms with Crippen molar-refractivity contribution in [3.8, 4) is 5.82 Å². The zero-order valence-electron chi connectivity index (χ0n) is 14.8. The SMILES string of the molecule is CC(C)(O)CC(=O)Nc1nc2ccc(C(F)(F)F)nc2n1-c1ccc(F)cn1. The van der Waals surface area contributed by atoms with Gasteiger partial charge in [-0.3, -0.25) is 10.1 Å². The largest absolute Gasteiger partial charge is 0.433 e. The number of carbonyl (C=O) groups excluding carboxylic acids is 1. The smallest absolute Gasteiger partial charge is 0.390 e. The molecule has 1 amide bonds. The fourth-order valence-electron chi connectivity index (χ4n) is 2.48. The Morgan fingerprint density at radius 3 is 2.46 bits per heavy atom. The summed E-state index contributed by atoms with van der Waals surface area (Å²) in [5.41, 5.74) is -2.61. The lowest BCUT2D eigenvalue weighted by atomic mass is 10.1. The van der Waals surface area contributed by atoms with E-state index in [1.54, 1.807) is 0 Å². The van der Waals surface area contributed by atoms with E-state index in [9.17, 15) is 27.5 Å². The third kappa shape index (κ3) is 4.25. The lowest BCUT2D eigenvalue weighted by Gasteiger charge is -2.16. The van der Waals surface area contributed by atoms with E-state index in [-0.39, 0.29) is 29.4 Å². The van der Waals surface area contributed by atoms with Crippen LogP contribution in [-0.4, -0.2) is 36.1 Å². The third-order valence-corrected chi connectivity index (χ3v) is 3.58. The van der Waals surface area contributed by atoms with Crippen LogP contribution >= 0.6 is 0 Å². The van der Waals surface area contributed by atoms with Crippen LogP contribution in [0.2, 0.25) is 0 Å². The van der Waals surface area contributed by atoms with Crippen molar-refractivity contribution in [2.45, 2.75) is 32.0 Å². The molecule has 0 atom stereocenters. The van der Waals surface area contributed by atoms with Crippen molar-refractivity contribution in [2.75, 3.05) is 5.32 Å². The van der Waals surface area contributed by atoms with Crippen molar-refractivity contribution < 1.29 is 27.5 Å². The molecule has 0 aliphatic carbocycles. The Bertz CT molecular complexity index is 1020. The summed E-state index contributed by atoms with van der Waals surface area (Å²) < 4.78 is 53.4. The summed E-state index contributed by atoms with van der Waals surface area (Å²) in [6.07, 6.45) is -4.10. The molecule has 0 aliphatic heterocycles. The summed E-state index contributed by atoms with van der Waals surface area (Å²) in [4.78, 5) is 23.7. The van der Waals surface area contributed by atoms with Crippen LogP contribution < -0.4 is 5.32 Å². The van der Waals surface area contributed by atoms with Gasteiger partial charge in [0, 0.05) is 0 Å². The van der Waals surface area contributed by atoms with E-state index in [0.717, 1.165) is 29.0 Å². The summed E-state index contributed by atoms with van der Waals surface area (Å²) in [6.45, 7) is 2.85. The van der Waals surface area contributed by atoms with Gasteiger partial charge in [-0.2, -0.15) is 13.2 Å². The topological polar surface area (TPSA) is 92.9 Å². The predicted octanol–water partition coefficient (Wildman–Crippen LogP) is 3.07. The fourth-order valence-corrected chi connectivity index (χ4v) is 2.48. The Hall–Kier alpha value is -3.08. The molecule has 0 aliphatic rings. The van der Waals surface area contributed by atoms with Crippen LogP contribution in [0.1, 0.15) is 26.0 Å². The summed E-state index contributed by atoms with van der Waals surface area (Å²) in [6, 6.07) is 4.14. The first-order valence-corrected chi connectivity index (χ1v) is 8.05. The predicted molar refractivity (Wildman–Crippen MR) is 91.2 cm³/mol. The van der Waals surface area contributed by atoms with Crippen LogP contribution in [-0.2, 0) is 11.0 Å². The number of nitrogens with zero attached hydrogens (tertiary/aromatic N) is 4. The number of aliphatic hydroxyl groups is 1. The second kappa shape index (κ2) is 6.82. The molecule has 2 N–H and O–H groups in total. The highest BCUT2D eigenvalue weighted by Gasteiger charge is 2.33. The van der Waals surface area contributed by atoms with Gasteiger partial charge in [0.1, 0.15) is 22.8 Å². The standard InChI is InChI=1S/C17H15F4N5O2/c1-16(2,28)7-13(27)25-15-23-10-4-5-11(17(19,20)21)24-14(10)26(15)12-6-3-9(18)8-22-12/h3-6,8,28H,7H2,1-2H3,(H,23,25,27). The molecule has 28 heavy (non-hydrogen) atoms. The minimum atomic E-state index is -4.69. The van der Waals surface area contributed by atoms with Gasteiger partial charge in [-0.05, 0) is 38.1 Å². The molecule has 7 nitrogen and oxygen atoms in total. The molecule has 3 heterocycles. The van der Waals surface area contributed by atoms with Crippen LogP contribution in [0.4, 0.5) is 23.5 Å². The van der Waals surface area contributed by atoms with Gasteiger partial charge in [0.15, 0.2) is 5.65 Å². The van der Waals surface area contributed by atoms with Gasteiger partial charge in [-0.25, -0.2) is 23.9 Å². The highest BCUT2D eigenvalue weighted by Crippen LogP contribution is 2.30. The molecule has 0 saturated heterocycles. The highest BCUT2D eigenvalue weighted by atomic mass is 19.4. The zero-order chi connectivity index (χ0) is 20.7. The zero-order valence-corrected chi connectivity index (χ0v) is 14.8. The molecule has 3 aromatic rings. The number of amides is 1. The van der Waals surface area contributed by atoms with Crippen molar-refractivity contribution >= 4 is 23.0 Å². The number of alkyl halides is 3. The van der Waals surface area contributed by atoms with Gasteiger partial charge in [0.05, 0.1) is 18.2 Å². The van der Waals surface area contributed by atoms with Gasteiger partial charge in [-0.1, -0.05) is 0 Å². The van der Waals surface area contributed by atoms with Crippen LogP contribution in [0.5, 0.6) is 0 Å². The molecule has 3 aromatic heterocycles. The van der Waals surface area contributed by atoms with Gasteiger partial charge in [-0.15, -0.1) is 0 Å². The Labute approximate surface area is 156 Å². The first kappa shape index (κ1) is 19.7. The number of imidazole rings is 1. The second-order valence-electron chi connectivity index (χ2n) is 6.68. The lowest BCUT2D eigenvalue weighted by Crippen LogP contribution is -2.28. The third-order valence-electron chi connectivity index (χ3n) is 3.58. The summed E-state index contributed by atoms with van der Waals surface area (Å²) in [5.74, 6) is -1.42. The quantitative estimate of drug-likeness (QED) is 0.660. The van der Waals surface area contributed by atoms with E-state index in [4.69, 9.17) is 0 Å².